The first kappa shape index (κ1) is 18.2. The molecule has 1 fully saturated rings. The van der Waals surface area contributed by atoms with E-state index in [9.17, 15) is 13.2 Å². The van der Waals surface area contributed by atoms with Crippen LogP contribution in [0.15, 0.2) is 41.6 Å². The SMILES string of the molecule is CC(C(=O)N1CCCc2cc(S(=O)(=O)N3CCCC3)ccc21)n1cccn1. The van der Waals surface area contributed by atoms with E-state index in [0.29, 0.717) is 24.5 Å². The molecule has 1 unspecified atom stereocenters. The Bertz CT molecular complexity index is 934. The average Bonchev–Trinajstić information content (AvgIpc) is 3.40. The zero-order chi connectivity index (χ0) is 19.0. The number of aryl methyl sites for hydroxylation is 1. The predicted molar refractivity (Wildman–Crippen MR) is 102 cm³/mol. The first-order chi connectivity index (χ1) is 13.0. The van der Waals surface area contributed by atoms with Gasteiger partial charge in [0, 0.05) is 37.7 Å². The Morgan fingerprint density at radius 1 is 1.15 bits per heavy atom. The van der Waals surface area contributed by atoms with Gasteiger partial charge < -0.3 is 4.90 Å². The highest BCUT2D eigenvalue weighted by atomic mass is 32.2. The highest BCUT2D eigenvalue weighted by Crippen LogP contribution is 2.32. The number of hydrogen-bond acceptors (Lipinski definition) is 4. The van der Waals surface area contributed by atoms with E-state index in [1.165, 1.54) is 0 Å². The van der Waals surface area contributed by atoms with Crippen LogP contribution in [0.4, 0.5) is 5.69 Å². The van der Waals surface area contributed by atoms with E-state index in [4.69, 9.17) is 0 Å². The minimum absolute atomic E-state index is 0.0326. The fraction of sp³-hybridized carbons (Fsp3) is 0.474. The van der Waals surface area contributed by atoms with Gasteiger partial charge in [0.25, 0.3) is 5.91 Å². The van der Waals surface area contributed by atoms with Gasteiger partial charge in [0.1, 0.15) is 6.04 Å². The second kappa shape index (κ2) is 7.09. The number of rotatable bonds is 4. The highest BCUT2D eigenvalue weighted by Gasteiger charge is 2.31. The van der Waals surface area contributed by atoms with Gasteiger partial charge in [-0.2, -0.15) is 9.40 Å². The van der Waals surface area contributed by atoms with Crippen molar-refractivity contribution in [1.29, 1.82) is 0 Å². The lowest BCUT2D eigenvalue weighted by molar-refractivity contribution is -0.121. The van der Waals surface area contributed by atoms with Crippen molar-refractivity contribution in [2.75, 3.05) is 24.5 Å². The van der Waals surface area contributed by atoms with E-state index in [1.54, 1.807) is 50.5 Å². The van der Waals surface area contributed by atoms with Crippen molar-refractivity contribution in [1.82, 2.24) is 14.1 Å². The van der Waals surface area contributed by atoms with E-state index in [2.05, 4.69) is 5.10 Å². The van der Waals surface area contributed by atoms with E-state index in [-0.39, 0.29) is 5.91 Å². The third-order valence-electron chi connectivity index (χ3n) is 5.42. The lowest BCUT2D eigenvalue weighted by Gasteiger charge is -2.32. The number of benzene rings is 1. The summed E-state index contributed by atoms with van der Waals surface area (Å²) < 4.78 is 28.9. The van der Waals surface area contributed by atoms with Crippen molar-refractivity contribution in [2.45, 2.75) is 43.5 Å². The van der Waals surface area contributed by atoms with Crippen molar-refractivity contribution in [3.05, 3.63) is 42.2 Å². The molecule has 0 N–H and O–H groups in total. The molecule has 1 aromatic heterocycles. The second-order valence-electron chi connectivity index (χ2n) is 7.16. The normalized spacial score (nSPS) is 19.1. The summed E-state index contributed by atoms with van der Waals surface area (Å²) in [6, 6.07) is 6.56. The molecule has 2 aliphatic rings. The van der Waals surface area contributed by atoms with Gasteiger partial charge in [-0.25, -0.2) is 8.42 Å². The van der Waals surface area contributed by atoms with Crippen LogP contribution in [0.1, 0.15) is 37.8 Å². The molecule has 7 nitrogen and oxygen atoms in total. The van der Waals surface area contributed by atoms with Crippen LogP contribution in [0.2, 0.25) is 0 Å². The quantitative estimate of drug-likeness (QED) is 0.805. The Morgan fingerprint density at radius 2 is 1.93 bits per heavy atom. The average molecular weight is 388 g/mol. The Kier molecular flexibility index (Phi) is 4.77. The van der Waals surface area contributed by atoms with Crippen molar-refractivity contribution < 1.29 is 13.2 Å². The molecule has 3 heterocycles. The zero-order valence-electron chi connectivity index (χ0n) is 15.4. The molecular formula is C19H24N4O3S. The third-order valence-corrected chi connectivity index (χ3v) is 7.31. The van der Waals surface area contributed by atoms with Crippen LogP contribution in [0.3, 0.4) is 0 Å². The first-order valence-corrected chi connectivity index (χ1v) is 10.9. The number of anilines is 1. The number of fused-ring (bicyclic) bond motifs is 1. The predicted octanol–water partition coefficient (Wildman–Crippen LogP) is 2.21. The first-order valence-electron chi connectivity index (χ1n) is 9.42. The molecule has 1 aromatic carbocycles. The van der Waals surface area contributed by atoms with Crippen molar-refractivity contribution in [3.8, 4) is 0 Å². The van der Waals surface area contributed by atoms with Crippen molar-refractivity contribution in [3.63, 3.8) is 0 Å². The molecule has 0 bridgehead atoms. The minimum atomic E-state index is -3.45. The molecule has 0 aliphatic carbocycles. The molecule has 27 heavy (non-hydrogen) atoms. The van der Waals surface area contributed by atoms with E-state index in [0.717, 1.165) is 36.9 Å². The maximum absolute atomic E-state index is 13.0. The van der Waals surface area contributed by atoms with Crippen LogP contribution < -0.4 is 4.90 Å². The number of aromatic nitrogens is 2. The van der Waals surface area contributed by atoms with Crippen LogP contribution in [0.5, 0.6) is 0 Å². The Labute approximate surface area is 159 Å². The number of carbonyl (C=O) groups excluding carboxylic acids is 1. The third kappa shape index (κ3) is 3.27. The van der Waals surface area contributed by atoms with Crippen molar-refractivity contribution in [2.24, 2.45) is 0 Å². The molecule has 0 saturated carbocycles. The summed E-state index contributed by atoms with van der Waals surface area (Å²) >= 11 is 0. The number of hydrogen-bond donors (Lipinski definition) is 0. The summed E-state index contributed by atoms with van der Waals surface area (Å²) in [5, 5.41) is 4.16. The zero-order valence-corrected chi connectivity index (χ0v) is 16.2. The molecule has 1 atom stereocenters. The van der Waals surface area contributed by atoms with Crippen LogP contribution in [0, 0.1) is 0 Å². The van der Waals surface area contributed by atoms with E-state index >= 15 is 0 Å². The molecule has 144 valence electrons. The summed E-state index contributed by atoms with van der Waals surface area (Å²) in [6.07, 6.45) is 6.86. The smallest absolute Gasteiger partial charge is 0.251 e. The largest absolute Gasteiger partial charge is 0.310 e. The standard InChI is InChI=1S/C19H24N4O3S/c1-15(23-13-5-9-20-23)19(24)22-12-4-6-16-14-17(7-8-18(16)22)27(25,26)21-10-2-3-11-21/h5,7-9,13-15H,2-4,6,10-12H2,1H3. The highest BCUT2D eigenvalue weighted by molar-refractivity contribution is 7.89. The summed E-state index contributed by atoms with van der Waals surface area (Å²) in [7, 11) is -3.45. The molecule has 0 radical (unpaired) electrons. The van der Waals surface area contributed by atoms with Gasteiger partial charge in [0.15, 0.2) is 0 Å². The summed E-state index contributed by atoms with van der Waals surface area (Å²) in [5.41, 5.74) is 1.73. The maximum atomic E-state index is 13.0. The molecule has 4 rings (SSSR count). The molecule has 2 aromatic rings. The summed E-state index contributed by atoms with van der Waals surface area (Å²) in [4.78, 5) is 15.1. The van der Waals surface area contributed by atoms with E-state index in [1.807, 2.05) is 6.92 Å². The Morgan fingerprint density at radius 3 is 2.63 bits per heavy atom. The molecular weight excluding hydrogens is 364 g/mol. The minimum Gasteiger partial charge on any atom is -0.310 e. The molecule has 1 amide bonds. The number of nitrogens with zero attached hydrogens (tertiary/aromatic N) is 4. The van der Waals surface area contributed by atoms with Crippen LogP contribution in [-0.2, 0) is 21.2 Å². The summed E-state index contributed by atoms with van der Waals surface area (Å²) in [5.74, 6) is -0.0326. The molecule has 8 heteroatoms. The molecule has 1 saturated heterocycles. The van der Waals surface area contributed by atoms with Gasteiger partial charge >= 0.3 is 0 Å². The maximum Gasteiger partial charge on any atom is 0.251 e. The Hall–Kier alpha value is -2.19. The number of sulfonamides is 1. The fourth-order valence-corrected chi connectivity index (χ4v) is 5.46. The van der Waals surface area contributed by atoms with Gasteiger partial charge in [-0.1, -0.05) is 0 Å². The molecule has 2 aliphatic heterocycles. The van der Waals surface area contributed by atoms with Crippen LogP contribution >= 0.6 is 0 Å². The van der Waals surface area contributed by atoms with Gasteiger partial charge in [-0.15, -0.1) is 0 Å². The summed E-state index contributed by atoms with van der Waals surface area (Å²) in [6.45, 7) is 3.64. The van der Waals surface area contributed by atoms with Gasteiger partial charge in [-0.3, -0.25) is 9.48 Å². The van der Waals surface area contributed by atoms with Crippen LogP contribution in [-0.4, -0.2) is 48.0 Å². The Balaban J connectivity index is 1.63. The number of amides is 1. The lowest BCUT2D eigenvalue weighted by Crippen LogP contribution is -2.40. The second-order valence-corrected chi connectivity index (χ2v) is 9.10. The van der Waals surface area contributed by atoms with Gasteiger partial charge in [0.2, 0.25) is 10.0 Å². The van der Waals surface area contributed by atoms with Gasteiger partial charge in [-0.05, 0) is 62.4 Å². The number of carbonyl (C=O) groups is 1. The van der Waals surface area contributed by atoms with Gasteiger partial charge in [0.05, 0.1) is 4.90 Å². The topological polar surface area (TPSA) is 75.5 Å². The van der Waals surface area contributed by atoms with Crippen LogP contribution in [0.25, 0.3) is 0 Å². The van der Waals surface area contributed by atoms with E-state index < -0.39 is 16.1 Å². The monoisotopic (exact) mass is 388 g/mol. The lowest BCUT2D eigenvalue weighted by atomic mass is 10.0. The molecule has 0 spiro atoms. The fourth-order valence-electron chi connectivity index (χ4n) is 3.89. The van der Waals surface area contributed by atoms with Crippen molar-refractivity contribution >= 4 is 21.6 Å².